The third-order valence-electron chi connectivity index (χ3n) is 3.69. The van der Waals surface area contributed by atoms with Gasteiger partial charge < -0.3 is 0 Å². The van der Waals surface area contributed by atoms with E-state index in [1.807, 2.05) is 0 Å². The lowest BCUT2D eigenvalue weighted by Crippen LogP contribution is -2.18. The van der Waals surface area contributed by atoms with Gasteiger partial charge in [0.2, 0.25) is 0 Å². The van der Waals surface area contributed by atoms with Gasteiger partial charge in [0, 0.05) is 22.1 Å². The average Bonchev–Trinajstić information content (AvgIpc) is 2.86. The number of hydrogen-bond donors (Lipinski definition) is 0. The minimum atomic E-state index is 0.340. The highest BCUT2D eigenvalue weighted by atomic mass is 32.1. The summed E-state index contributed by atoms with van der Waals surface area (Å²) >= 11 is 1.80. The SMILES string of the molecule is CCc1ccc(CC(=O)C2CCCC2C)s1. The second-order valence-corrected chi connectivity index (χ2v) is 6.13. The number of thiophene rings is 1. The standard InChI is InChI=1S/C14H20OS/c1-3-11-7-8-12(16-11)9-14(15)13-6-4-5-10(13)2/h7-8,10,13H,3-6,9H2,1-2H3. The Morgan fingerprint density at radius 1 is 1.38 bits per heavy atom. The molecule has 1 aliphatic carbocycles. The molecule has 1 nitrogen and oxygen atoms in total. The number of rotatable bonds is 4. The molecule has 2 unspecified atom stereocenters. The van der Waals surface area contributed by atoms with Crippen LogP contribution in [0.4, 0.5) is 0 Å². The fraction of sp³-hybridized carbons (Fsp3) is 0.643. The molecular weight excluding hydrogens is 216 g/mol. The van der Waals surface area contributed by atoms with Crippen LogP contribution >= 0.6 is 11.3 Å². The number of hydrogen-bond acceptors (Lipinski definition) is 2. The first-order chi connectivity index (χ1) is 7.70. The van der Waals surface area contributed by atoms with E-state index in [0.29, 0.717) is 24.0 Å². The lowest BCUT2D eigenvalue weighted by Gasteiger charge is -2.12. The molecule has 1 aliphatic rings. The maximum absolute atomic E-state index is 12.1. The van der Waals surface area contributed by atoms with Crippen LogP contribution in [0.5, 0.6) is 0 Å². The summed E-state index contributed by atoms with van der Waals surface area (Å²) in [5, 5.41) is 0. The zero-order chi connectivity index (χ0) is 11.5. The molecule has 2 rings (SSSR count). The van der Waals surface area contributed by atoms with E-state index in [0.717, 1.165) is 12.8 Å². The van der Waals surface area contributed by atoms with Gasteiger partial charge in [-0.25, -0.2) is 0 Å². The van der Waals surface area contributed by atoms with Crippen LogP contribution in [0.25, 0.3) is 0 Å². The quantitative estimate of drug-likeness (QED) is 0.776. The molecule has 16 heavy (non-hydrogen) atoms. The van der Waals surface area contributed by atoms with Gasteiger partial charge in [-0.05, 0) is 37.3 Å². The maximum atomic E-state index is 12.1. The highest BCUT2D eigenvalue weighted by molar-refractivity contribution is 7.12. The van der Waals surface area contributed by atoms with Gasteiger partial charge in [0.1, 0.15) is 5.78 Å². The minimum absolute atomic E-state index is 0.340. The van der Waals surface area contributed by atoms with Crippen molar-refractivity contribution in [3.05, 3.63) is 21.9 Å². The molecule has 1 fully saturated rings. The molecule has 0 bridgehead atoms. The number of Topliss-reactive ketones (excluding diaryl/α,β-unsaturated/α-hetero) is 1. The maximum Gasteiger partial charge on any atom is 0.141 e. The van der Waals surface area contributed by atoms with E-state index in [-0.39, 0.29) is 0 Å². The van der Waals surface area contributed by atoms with Gasteiger partial charge in [-0.1, -0.05) is 20.3 Å². The fourth-order valence-electron chi connectivity index (χ4n) is 2.63. The zero-order valence-corrected chi connectivity index (χ0v) is 11.0. The van der Waals surface area contributed by atoms with Crippen LogP contribution < -0.4 is 0 Å². The Morgan fingerprint density at radius 2 is 2.12 bits per heavy atom. The molecule has 0 spiro atoms. The number of ketones is 1. The molecule has 0 amide bonds. The summed E-state index contributed by atoms with van der Waals surface area (Å²) in [4.78, 5) is 14.8. The van der Waals surface area contributed by atoms with Crippen LogP contribution in [0.1, 0.15) is 42.9 Å². The van der Waals surface area contributed by atoms with E-state index in [1.165, 1.54) is 22.6 Å². The van der Waals surface area contributed by atoms with Crippen molar-refractivity contribution in [2.45, 2.75) is 46.0 Å². The molecule has 1 aromatic heterocycles. The van der Waals surface area contributed by atoms with E-state index in [9.17, 15) is 4.79 Å². The molecule has 2 heteroatoms. The number of carbonyl (C=O) groups is 1. The summed E-state index contributed by atoms with van der Waals surface area (Å²) in [5.74, 6) is 1.42. The van der Waals surface area contributed by atoms with Crippen molar-refractivity contribution in [3.8, 4) is 0 Å². The lowest BCUT2D eigenvalue weighted by molar-refractivity contribution is -0.123. The summed E-state index contributed by atoms with van der Waals surface area (Å²) in [7, 11) is 0. The van der Waals surface area contributed by atoms with Gasteiger partial charge in [-0.2, -0.15) is 0 Å². The Bertz CT molecular complexity index is 367. The summed E-state index contributed by atoms with van der Waals surface area (Å²) in [6, 6.07) is 4.28. The third-order valence-corrected chi connectivity index (χ3v) is 4.92. The van der Waals surface area contributed by atoms with Crippen LogP contribution in [0.3, 0.4) is 0 Å². The summed E-state index contributed by atoms with van der Waals surface area (Å²) in [6.45, 7) is 4.39. The number of aryl methyl sites for hydroxylation is 1. The normalized spacial score (nSPS) is 24.9. The van der Waals surface area contributed by atoms with Crippen molar-refractivity contribution in [1.82, 2.24) is 0 Å². The molecular formula is C14H20OS. The van der Waals surface area contributed by atoms with Crippen LogP contribution in [-0.4, -0.2) is 5.78 Å². The first-order valence-electron chi connectivity index (χ1n) is 6.31. The van der Waals surface area contributed by atoms with Crippen molar-refractivity contribution in [3.63, 3.8) is 0 Å². The van der Waals surface area contributed by atoms with Crippen LogP contribution in [-0.2, 0) is 17.6 Å². The monoisotopic (exact) mass is 236 g/mol. The summed E-state index contributed by atoms with van der Waals surface area (Å²) in [5.41, 5.74) is 0. The summed E-state index contributed by atoms with van der Waals surface area (Å²) in [6.07, 6.45) is 5.34. The second-order valence-electron chi connectivity index (χ2n) is 4.88. The Hall–Kier alpha value is -0.630. The predicted octanol–water partition coefficient (Wildman–Crippen LogP) is 3.86. The lowest BCUT2D eigenvalue weighted by atomic mass is 9.92. The third kappa shape index (κ3) is 2.54. The number of carbonyl (C=O) groups excluding carboxylic acids is 1. The van der Waals surface area contributed by atoms with Gasteiger partial charge in [0.15, 0.2) is 0 Å². The van der Waals surface area contributed by atoms with Crippen LogP contribution in [0.15, 0.2) is 12.1 Å². The van der Waals surface area contributed by atoms with Gasteiger partial charge in [-0.3, -0.25) is 4.79 Å². The molecule has 0 aliphatic heterocycles. The van der Waals surface area contributed by atoms with E-state index in [2.05, 4.69) is 26.0 Å². The molecule has 0 radical (unpaired) electrons. The highest BCUT2D eigenvalue weighted by Gasteiger charge is 2.29. The topological polar surface area (TPSA) is 17.1 Å². The van der Waals surface area contributed by atoms with E-state index >= 15 is 0 Å². The van der Waals surface area contributed by atoms with Crippen molar-refractivity contribution in [1.29, 1.82) is 0 Å². The van der Waals surface area contributed by atoms with Crippen molar-refractivity contribution >= 4 is 17.1 Å². The van der Waals surface area contributed by atoms with Gasteiger partial charge in [0.25, 0.3) is 0 Å². The Balaban J connectivity index is 1.96. The predicted molar refractivity (Wildman–Crippen MR) is 68.9 cm³/mol. The van der Waals surface area contributed by atoms with Gasteiger partial charge in [-0.15, -0.1) is 11.3 Å². The Labute approximate surface area is 102 Å². The smallest absolute Gasteiger partial charge is 0.141 e. The molecule has 0 aromatic carbocycles. The van der Waals surface area contributed by atoms with Crippen LogP contribution in [0.2, 0.25) is 0 Å². The van der Waals surface area contributed by atoms with Crippen molar-refractivity contribution in [2.24, 2.45) is 11.8 Å². The fourth-order valence-corrected chi connectivity index (χ4v) is 3.60. The molecule has 1 aromatic rings. The average molecular weight is 236 g/mol. The molecule has 1 saturated carbocycles. The second kappa shape index (κ2) is 5.13. The summed E-state index contributed by atoms with van der Waals surface area (Å²) < 4.78 is 0. The van der Waals surface area contributed by atoms with E-state index in [4.69, 9.17) is 0 Å². The van der Waals surface area contributed by atoms with E-state index < -0.39 is 0 Å². The van der Waals surface area contributed by atoms with E-state index in [1.54, 1.807) is 11.3 Å². The molecule has 0 saturated heterocycles. The first-order valence-corrected chi connectivity index (χ1v) is 7.12. The van der Waals surface area contributed by atoms with Crippen molar-refractivity contribution < 1.29 is 4.79 Å². The van der Waals surface area contributed by atoms with Crippen molar-refractivity contribution in [2.75, 3.05) is 0 Å². The minimum Gasteiger partial charge on any atom is -0.299 e. The molecule has 2 atom stereocenters. The van der Waals surface area contributed by atoms with Gasteiger partial charge >= 0.3 is 0 Å². The zero-order valence-electron chi connectivity index (χ0n) is 10.2. The van der Waals surface area contributed by atoms with Crippen LogP contribution in [0, 0.1) is 11.8 Å². The Kier molecular flexibility index (Phi) is 3.80. The Morgan fingerprint density at radius 3 is 2.69 bits per heavy atom. The first kappa shape index (κ1) is 11.8. The van der Waals surface area contributed by atoms with Gasteiger partial charge in [0.05, 0.1) is 0 Å². The highest BCUT2D eigenvalue weighted by Crippen LogP contribution is 2.33. The molecule has 0 N–H and O–H groups in total. The largest absolute Gasteiger partial charge is 0.299 e. The molecule has 1 heterocycles. The molecule has 88 valence electrons.